The van der Waals surface area contributed by atoms with Crippen molar-refractivity contribution >= 4 is 26.7 Å². The van der Waals surface area contributed by atoms with Crippen LogP contribution >= 0.6 is 11.3 Å². The van der Waals surface area contributed by atoms with Crippen LogP contribution in [0, 0.1) is 0 Å². The molecule has 0 aliphatic carbocycles. The van der Waals surface area contributed by atoms with E-state index in [0.717, 1.165) is 36.6 Å². The van der Waals surface area contributed by atoms with Gasteiger partial charge in [-0.3, -0.25) is 0 Å². The lowest BCUT2D eigenvalue weighted by Crippen LogP contribution is -2.32. The number of imidazole rings is 1. The van der Waals surface area contributed by atoms with Crippen LogP contribution in [0.4, 0.5) is 5.13 Å². The van der Waals surface area contributed by atoms with Gasteiger partial charge in [0.1, 0.15) is 0 Å². The second-order valence-electron chi connectivity index (χ2n) is 5.23. The van der Waals surface area contributed by atoms with Crippen LogP contribution in [0.5, 0.6) is 0 Å². The van der Waals surface area contributed by atoms with E-state index in [1.807, 2.05) is 6.20 Å². The molecule has 1 aliphatic rings. The molecule has 0 bridgehead atoms. The van der Waals surface area contributed by atoms with Gasteiger partial charge in [0.05, 0.1) is 16.5 Å². The third kappa shape index (κ3) is 2.08. The SMILES string of the molecule is c1ccc2sc(N3CCC(c4cnc[nH]4)CC3)nc2c1. The second-order valence-corrected chi connectivity index (χ2v) is 6.24. The minimum Gasteiger partial charge on any atom is -0.348 e. The van der Waals surface area contributed by atoms with E-state index in [0.29, 0.717) is 5.92 Å². The Labute approximate surface area is 121 Å². The van der Waals surface area contributed by atoms with Gasteiger partial charge in [-0.2, -0.15) is 0 Å². The van der Waals surface area contributed by atoms with Gasteiger partial charge in [0, 0.05) is 30.9 Å². The highest BCUT2D eigenvalue weighted by Crippen LogP contribution is 2.33. The van der Waals surface area contributed by atoms with Gasteiger partial charge in [-0.05, 0) is 25.0 Å². The number of thiazole rings is 1. The fourth-order valence-corrected chi connectivity index (χ4v) is 3.88. The number of nitrogens with one attached hydrogen (secondary N) is 1. The molecule has 1 aromatic carbocycles. The van der Waals surface area contributed by atoms with Gasteiger partial charge in [-0.1, -0.05) is 23.5 Å². The molecule has 1 aliphatic heterocycles. The lowest BCUT2D eigenvalue weighted by Gasteiger charge is -2.31. The van der Waals surface area contributed by atoms with Crippen LogP contribution < -0.4 is 4.90 Å². The summed E-state index contributed by atoms with van der Waals surface area (Å²) in [5.41, 5.74) is 2.39. The highest BCUT2D eigenvalue weighted by atomic mass is 32.1. The van der Waals surface area contributed by atoms with Gasteiger partial charge in [0.15, 0.2) is 5.13 Å². The summed E-state index contributed by atoms with van der Waals surface area (Å²) in [6.45, 7) is 2.15. The average molecular weight is 284 g/mol. The Balaban J connectivity index is 1.51. The maximum absolute atomic E-state index is 4.75. The monoisotopic (exact) mass is 284 g/mol. The lowest BCUT2D eigenvalue weighted by atomic mass is 9.94. The van der Waals surface area contributed by atoms with Gasteiger partial charge in [0.2, 0.25) is 0 Å². The number of rotatable bonds is 2. The smallest absolute Gasteiger partial charge is 0.186 e. The number of benzene rings is 1. The molecule has 0 radical (unpaired) electrons. The Morgan fingerprint density at radius 3 is 2.80 bits per heavy atom. The molecule has 0 spiro atoms. The lowest BCUT2D eigenvalue weighted by molar-refractivity contribution is 0.497. The van der Waals surface area contributed by atoms with Crippen molar-refractivity contribution in [2.75, 3.05) is 18.0 Å². The fraction of sp³-hybridized carbons (Fsp3) is 0.333. The van der Waals surface area contributed by atoms with Crippen LogP contribution in [-0.4, -0.2) is 28.0 Å². The van der Waals surface area contributed by atoms with Crippen molar-refractivity contribution in [3.63, 3.8) is 0 Å². The molecular weight excluding hydrogens is 268 g/mol. The van der Waals surface area contributed by atoms with Gasteiger partial charge >= 0.3 is 0 Å². The number of H-pyrrole nitrogens is 1. The molecule has 0 saturated carbocycles. The fourth-order valence-electron chi connectivity index (χ4n) is 2.87. The molecule has 20 heavy (non-hydrogen) atoms. The van der Waals surface area contributed by atoms with E-state index < -0.39 is 0 Å². The number of fused-ring (bicyclic) bond motifs is 1. The summed E-state index contributed by atoms with van der Waals surface area (Å²) < 4.78 is 1.28. The van der Waals surface area contributed by atoms with E-state index in [2.05, 4.69) is 39.1 Å². The summed E-state index contributed by atoms with van der Waals surface area (Å²) in [6, 6.07) is 8.37. The molecule has 4 nitrogen and oxygen atoms in total. The first-order valence-electron chi connectivity index (χ1n) is 6.99. The van der Waals surface area contributed by atoms with Gasteiger partial charge in [-0.15, -0.1) is 0 Å². The molecule has 3 heterocycles. The first kappa shape index (κ1) is 11.9. The number of para-hydroxylation sites is 1. The van der Waals surface area contributed by atoms with Crippen LogP contribution in [0.3, 0.4) is 0 Å². The van der Waals surface area contributed by atoms with Crippen molar-refractivity contribution in [2.45, 2.75) is 18.8 Å². The molecule has 5 heteroatoms. The number of aromatic amines is 1. The minimum atomic E-state index is 0.614. The Morgan fingerprint density at radius 1 is 1.20 bits per heavy atom. The summed E-state index contributed by atoms with van der Waals surface area (Å²) in [7, 11) is 0. The number of aromatic nitrogens is 3. The number of hydrogen-bond acceptors (Lipinski definition) is 4. The maximum Gasteiger partial charge on any atom is 0.186 e. The van der Waals surface area contributed by atoms with Crippen LogP contribution in [0.1, 0.15) is 24.5 Å². The summed E-state index contributed by atoms with van der Waals surface area (Å²) >= 11 is 1.80. The highest BCUT2D eigenvalue weighted by Gasteiger charge is 2.23. The molecule has 4 rings (SSSR count). The first-order chi connectivity index (χ1) is 9.90. The Kier molecular flexibility index (Phi) is 2.92. The Hall–Kier alpha value is -1.88. The minimum absolute atomic E-state index is 0.614. The van der Waals surface area contributed by atoms with E-state index >= 15 is 0 Å². The third-order valence-electron chi connectivity index (χ3n) is 4.01. The van der Waals surface area contributed by atoms with Crippen LogP contribution in [0.2, 0.25) is 0 Å². The highest BCUT2D eigenvalue weighted by molar-refractivity contribution is 7.22. The third-order valence-corrected chi connectivity index (χ3v) is 5.10. The zero-order valence-corrected chi connectivity index (χ0v) is 11.9. The predicted octanol–water partition coefficient (Wildman–Crippen LogP) is 3.40. The summed E-state index contributed by atoms with van der Waals surface area (Å²) in [4.78, 5) is 14.5. The van der Waals surface area contributed by atoms with Crippen LogP contribution in [0.15, 0.2) is 36.8 Å². The molecule has 1 N–H and O–H groups in total. The molecule has 1 fully saturated rings. The molecule has 0 unspecified atom stereocenters. The molecule has 0 amide bonds. The van der Waals surface area contributed by atoms with Crippen LogP contribution in [-0.2, 0) is 0 Å². The predicted molar refractivity (Wildman–Crippen MR) is 82.4 cm³/mol. The molecule has 0 atom stereocenters. The average Bonchev–Trinajstić information content (AvgIpc) is 3.17. The molecule has 2 aromatic heterocycles. The van der Waals surface area contributed by atoms with Gasteiger partial charge in [0.25, 0.3) is 0 Å². The largest absolute Gasteiger partial charge is 0.348 e. The standard InChI is InChI=1S/C15H16N4S/c1-2-4-14-12(3-1)18-15(20-14)19-7-5-11(6-8-19)13-9-16-10-17-13/h1-4,9-11H,5-8H2,(H,16,17). The normalized spacial score (nSPS) is 16.9. The second kappa shape index (κ2) is 4.90. The van der Waals surface area contributed by atoms with Crippen molar-refractivity contribution in [2.24, 2.45) is 0 Å². The first-order valence-corrected chi connectivity index (χ1v) is 7.80. The van der Waals surface area contributed by atoms with E-state index in [9.17, 15) is 0 Å². The van der Waals surface area contributed by atoms with E-state index in [4.69, 9.17) is 4.98 Å². The quantitative estimate of drug-likeness (QED) is 0.784. The van der Waals surface area contributed by atoms with Crippen molar-refractivity contribution in [1.29, 1.82) is 0 Å². The van der Waals surface area contributed by atoms with E-state index in [1.165, 1.54) is 10.4 Å². The van der Waals surface area contributed by atoms with Crippen molar-refractivity contribution in [1.82, 2.24) is 15.0 Å². The Bertz CT molecular complexity index is 663. The van der Waals surface area contributed by atoms with E-state index in [-0.39, 0.29) is 0 Å². The van der Waals surface area contributed by atoms with Crippen LogP contribution in [0.25, 0.3) is 10.2 Å². The summed E-state index contributed by atoms with van der Waals surface area (Å²) in [6.07, 6.45) is 6.06. The number of hydrogen-bond donors (Lipinski definition) is 1. The molecule has 1 saturated heterocycles. The van der Waals surface area contributed by atoms with E-state index in [1.54, 1.807) is 17.7 Å². The molecule has 102 valence electrons. The van der Waals surface area contributed by atoms with Crippen molar-refractivity contribution < 1.29 is 0 Å². The number of nitrogens with zero attached hydrogens (tertiary/aromatic N) is 3. The zero-order valence-electron chi connectivity index (χ0n) is 11.1. The van der Waals surface area contributed by atoms with Crippen molar-refractivity contribution in [3.05, 3.63) is 42.5 Å². The maximum atomic E-state index is 4.75. The summed E-state index contributed by atoms with van der Waals surface area (Å²) in [5, 5.41) is 1.16. The molecule has 3 aromatic rings. The van der Waals surface area contributed by atoms with Gasteiger partial charge < -0.3 is 9.88 Å². The van der Waals surface area contributed by atoms with Gasteiger partial charge in [-0.25, -0.2) is 9.97 Å². The zero-order chi connectivity index (χ0) is 13.4. The summed E-state index contributed by atoms with van der Waals surface area (Å²) in [5.74, 6) is 0.614. The number of piperidine rings is 1. The van der Waals surface area contributed by atoms with Crippen molar-refractivity contribution in [3.8, 4) is 0 Å². The number of anilines is 1. The topological polar surface area (TPSA) is 44.8 Å². The Morgan fingerprint density at radius 2 is 2.05 bits per heavy atom. The molecular formula is C15H16N4S.